The van der Waals surface area contributed by atoms with Crippen molar-refractivity contribution in [1.29, 1.82) is 0 Å². The second-order valence-electron chi connectivity index (χ2n) is 6.57. The highest BCUT2D eigenvalue weighted by Crippen LogP contribution is 2.15. The van der Waals surface area contributed by atoms with Crippen molar-refractivity contribution in [2.45, 2.75) is 25.6 Å². The summed E-state index contributed by atoms with van der Waals surface area (Å²) in [6.07, 6.45) is 2.74. The summed E-state index contributed by atoms with van der Waals surface area (Å²) in [5.74, 6) is 0. The molecule has 1 atom stereocenters. The van der Waals surface area contributed by atoms with E-state index < -0.39 is 0 Å². The molecule has 2 heterocycles. The minimum atomic E-state index is -0.147. The van der Waals surface area contributed by atoms with E-state index in [9.17, 15) is 4.79 Å². The Morgan fingerprint density at radius 1 is 1.19 bits per heavy atom. The Balaban J connectivity index is 1.38. The predicted octanol–water partition coefficient (Wildman–Crippen LogP) is 2.67. The second-order valence-corrected chi connectivity index (χ2v) is 6.57. The van der Waals surface area contributed by atoms with Crippen LogP contribution in [0.25, 0.3) is 11.0 Å². The number of carbonyl (C=O) groups excluding carboxylic acids is 1. The molecule has 1 fully saturated rings. The molecule has 134 valence electrons. The predicted molar refractivity (Wildman–Crippen MR) is 99.9 cm³/mol. The Morgan fingerprint density at radius 2 is 2.08 bits per heavy atom. The Hall–Kier alpha value is -2.86. The maximum absolute atomic E-state index is 12.0. The largest absolute Gasteiger partial charge is 0.379 e. The lowest BCUT2D eigenvalue weighted by Crippen LogP contribution is -2.42. The molecule has 26 heavy (non-hydrogen) atoms. The summed E-state index contributed by atoms with van der Waals surface area (Å²) in [4.78, 5) is 16.4. The lowest BCUT2D eigenvalue weighted by Gasteiger charge is -2.12. The van der Waals surface area contributed by atoms with Gasteiger partial charge in [0.2, 0.25) is 0 Å². The van der Waals surface area contributed by atoms with E-state index in [0.717, 1.165) is 36.2 Å². The van der Waals surface area contributed by atoms with Gasteiger partial charge in [0, 0.05) is 19.7 Å². The Kier molecular flexibility index (Phi) is 4.84. The molecule has 2 amide bonds. The summed E-state index contributed by atoms with van der Waals surface area (Å²) in [5.41, 5.74) is 4.37. The van der Waals surface area contributed by atoms with E-state index in [0.29, 0.717) is 13.2 Å². The van der Waals surface area contributed by atoms with Gasteiger partial charge in [0.1, 0.15) is 0 Å². The lowest BCUT2D eigenvalue weighted by atomic mass is 10.1. The highest BCUT2D eigenvalue weighted by atomic mass is 16.5. The molecule has 2 aromatic carbocycles. The van der Waals surface area contributed by atoms with Crippen LogP contribution in [0.15, 0.2) is 54.9 Å². The van der Waals surface area contributed by atoms with E-state index in [1.165, 1.54) is 5.56 Å². The standard InChI is InChI=1S/C20H22N4O2/c25-20(23-17-8-9-26-13-17)21-11-15-4-3-5-16(10-15)12-24-14-22-18-6-1-2-7-19(18)24/h1-7,10,14,17H,8-9,11-13H2,(H2,21,23,25). The first-order valence-corrected chi connectivity index (χ1v) is 8.88. The number of rotatable bonds is 5. The molecule has 4 rings (SSSR count). The van der Waals surface area contributed by atoms with Gasteiger partial charge < -0.3 is 19.9 Å². The van der Waals surface area contributed by atoms with Gasteiger partial charge in [0.15, 0.2) is 0 Å². The first kappa shape index (κ1) is 16.6. The van der Waals surface area contributed by atoms with Crippen molar-refractivity contribution >= 4 is 17.1 Å². The average molecular weight is 350 g/mol. The van der Waals surface area contributed by atoms with Crippen LogP contribution >= 0.6 is 0 Å². The van der Waals surface area contributed by atoms with E-state index in [2.05, 4.69) is 38.4 Å². The molecule has 1 aromatic heterocycles. The Labute approximate surface area is 152 Å². The van der Waals surface area contributed by atoms with Crippen molar-refractivity contribution in [3.63, 3.8) is 0 Å². The second kappa shape index (κ2) is 7.58. The normalized spacial score (nSPS) is 16.7. The van der Waals surface area contributed by atoms with Crippen molar-refractivity contribution in [2.24, 2.45) is 0 Å². The Morgan fingerprint density at radius 3 is 2.96 bits per heavy atom. The van der Waals surface area contributed by atoms with Crippen molar-refractivity contribution in [2.75, 3.05) is 13.2 Å². The number of hydrogen-bond acceptors (Lipinski definition) is 3. The summed E-state index contributed by atoms with van der Waals surface area (Å²) in [6.45, 7) is 2.57. The van der Waals surface area contributed by atoms with Gasteiger partial charge in [0.25, 0.3) is 0 Å². The molecule has 0 bridgehead atoms. The smallest absolute Gasteiger partial charge is 0.315 e. The Bertz CT molecular complexity index is 899. The van der Waals surface area contributed by atoms with Gasteiger partial charge in [-0.25, -0.2) is 9.78 Å². The molecule has 2 N–H and O–H groups in total. The number of benzene rings is 2. The van der Waals surface area contributed by atoms with Crippen LogP contribution in [0, 0.1) is 0 Å². The number of hydrogen-bond donors (Lipinski definition) is 2. The number of amides is 2. The van der Waals surface area contributed by atoms with E-state index in [1.807, 2.05) is 36.7 Å². The summed E-state index contributed by atoms with van der Waals surface area (Å²) < 4.78 is 7.40. The van der Waals surface area contributed by atoms with Crippen LogP contribution in [0.4, 0.5) is 4.79 Å². The third kappa shape index (κ3) is 3.86. The van der Waals surface area contributed by atoms with E-state index in [1.54, 1.807) is 0 Å². The molecule has 1 unspecified atom stereocenters. The van der Waals surface area contributed by atoms with Crippen molar-refractivity contribution in [3.8, 4) is 0 Å². The average Bonchev–Trinajstić information content (AvgIpc) is 3.31. The SMILES string of the molecule is O=C(NCc1cccc(Cn2cnc3ccccc32)c1)NC1CCOC1. The number of para-hydroxylation sites is 2. The fraction of sp³-hybridized carbons (Fsp3) is 0.300. The van der Waals surface area contributed by atoms with E-state index in [-0.39, 0.29) is 12.1 Å². The third-order valence-corrected chi connectivity index (χ3v) is 4.59. The van der Waals surface area contributed by atoms with Crippen LogP contribution in [-0.2, 0) is 17.8 Å². The third-order valence-electron chi connectivity index (χ3n) is 4.59. The van der Waals surface area contributed by atoms with Gasteiger partial charge in [-0.2, -0.15) is 0 Å². The fourth-order valence-electron chi connectivity index (χ4n) is 3.24. The van der Waals surface area contributed by atoms with Crippen molar-refractivity contribution in [3.05, 3.63) is 66.0 Å². The number of imidazole rings is 1. The van der Waals surface area contributed by atoms with E-state index in [4.69, 9.17) is 4.74 Å². The summed E-state index contributed by atoms with van der Waals surface area (Å²) in [5, 5.41) is 5.85. The van der Waals surface area contributed by atoms with Crippen LogP contribution in [-0.4, -0.2) is 34.8 Å². The summed E-state index contributed by atoms with van der Waals surface area (Å²) >= 11 is 0. The van der Waals surface area contributed by atoms with Gasteiger partial charge in [-0.05, 0) is 29.7 Å². The quantitative estimate of drug-likeness (QED) is 0.743. The number of nitrogens with one attached hydrogen (secondary N) is 2. The zero-order valence-electron chi connectivity index (χ0n) is 14.5. The van der Waals surface area contributed by atoms with Gasteiger partial charge in [0.05, 0.1) is 30.0 Å². The molecular weight excluding hydrogens is 328 g/mol. The molecule has 1 saturated heterocycles. The number of fused-ring (bicyclic) bond motifs is 1. The zero-order chi connectivity index (χ0) is 17.8. The van der Waals surface area contributed by atoms with Gasteiger partial charge in [-0.1, -0.05) is 36.4 Å². The number of nitrogens with zero attached hydrogens (tertiary/aromatic N) is 2. The topological polar surface area (TPSA) is 68.2 Å². The van der Waals surface area contributed by atoms with Crippen LogP contribution in [0.3, 0.4) is 0 Å². The summed E-state index contributed by atoms with van der Waals surface area (Å²) in [7, 11) is 0. The molecule has 6 nitrogen and oxygen atoms in total. The van der Waals surface area contributed by atoms with Crippen LogP contribution < -0.4 is 10.6 Å². The van der Waals surface area contributed by atoms with Gasteiger partial charge in [-0.3, -0.25) is 0 Å². The number of carbonyl (C=O) groups is 1. The summed E-state index contributed by atoms with van der Waals surface area (Å²) in [6, 6.07) is 16.3. The monoisotopic (exact) mass is 350 g/mol. The maximum Gasteiger partial charge on any atom is 0.315 e. The van der Waals surface area contributed by atoms with E-state index >= 15 is 0 Å². The molecule has 3 aromatic rings. The molecule has 0 saturated carbocycles. The molecular formula is C20H22N4O2. The minimum Gasteiger partial charge on any atom is -0.379 e. The number of ether oxygens (including phenoxy) is 1. The first-order valence-electron chi connectivity index (χ1n) is 8.88. The highest BCUT2D eigenvalue weighted by Gasteiger charge is 2.17. The number of aromatic nitrogens is 2. The fourth-order valence-corrected chi connectivity index (χ4v) is 3.24. The zero-order valence-corrected chi connectivity index (χ0v) is 14.5. The van der Waals surface area contributed by atoms with Gasteiger partial charge in [-0.15, -0.1) is 0 Å². The maximum atomic E-state index is 12.0. The number of urea groups is 1. The van der Waals surface area contributed by atoms with Gasteiger partial charge >= 0.3 is 6.03 Å². The molecule has 6 heteroatoms. The highest BCUT2D eigenvalue weighted by molar-refractivity contribution is 5.75. The van der Waals surface area contributed by atoms with Crippen molar-refractivity contribution in [1.82, 2.24) is 20.2 Å². The lowest BCUT2D eigenvalue weighted by molar-refractivity contribution is 0.188. The van der Waals surface area contributed by atoms with Crippen LogP contribution in [0.1, 0.15) is 17.5 Å². The first-order chi connectivity index (χ1) is 12.8. The van der Waals surface area contributed by atoms with Crippen LogP contribution in [0.5, 0.6) is 0 Å². The van der Waals surface area contributed by atoms with Crippen molar-refractivity contribution < 1.29 is 9.53 Å². The molecule has 1 aliphatic heterocycles. The molecule has 0 radical (unpaired) electrons. The molecule has 0 spiro atoms. The molecule has 0 aliphatic carbocycles. The van der Waals surface area contributed by atoms with Crippen LogP contribution in [0.2, 0.25) is 0 Å². The molecule has 1 aliphatic rings. The minimum absolute atomic E-state index is 0.121.